The predicted octanol–water partition coefficient (Wildman–Crippen LogP) is 4.14. The number of benzene rings is 3. The highest BCUT2D eigenvalue weighted by Gasteiger charge is 2.66. The molecule has 11 heteroatoms. The Labute approximate surface area is 256 Å². The van der Waals surface area contributed by atoms with Crippen molar-refractivity contribution < 1.29 is 33.8 Å². The first-order valence-corrected chi connectivity index (χ1v) is 15.1. The summed E-state index contributed by atoms with van der Waals surface area (Å²) in [4.78, 5) is 52.1. The van der Waals surface area contributed by atoms with E-state index in [1.165, 1.54) is 6.08 Å². The lowest BCUT2D eigenvalue weighted by Gasteiger charge is -2.37. The molecule has 0 saturated carbocycles. The van der Waals surface area contributed by atoms with Crippen LogP contribution in [-0.4, -0.2) is 56.7 Å². The molecule has 2 aromatic heterocycles. The second-order valence-corrected chi connectivity index (χ2v) is 12.0. The zero-order chi connectivity index (χ0) is 31.2. The molecule has 45 heavy (non-hydrogen) atoms. The maximum atomic E-state index is 13.9. The zero-order valence-electron chi connectivity index (χ0n) is 24.5. The molecule has 3 atom stereocenters. The summed E-state index contributed by atoms with van der Waals surface area (Å²) < 4.78 is 16.2. The third-order valence-electron chi connectivity index (χ3n) is 9.64. The highest BCUT2D eigenvalue weighted by molar-refractivity contribution is 6.39. The van der Waals surface area contributed by atoms with Crippen molar-refractivity contribution in [3.63, 3.8) is 0 Å². The van der Waals surface area contributed by atoms with Crippen LogP contribution in [0.15, 0.2) is 61.2 Å². The number of imide groups is 1. The number of carbonyl (C=O) groups excluding carboxylic acids is 4. The molecule has 5 heterocycles. The average molecular weight is 607 g/mol. The van der Waals surface area contributed by atoms with E-state index in [2.05, 4.69) is 17.2 Å². The number of carbonyl (C=O) groups is 4. The summed E-state index contributed by atoms with van der Waals surface area (Å²) in [6.45, 7) is 5.68. The number of aliphatic hydroxyl groups is 1. The fraction of sp³-hybridized carbons (Fsp3) is 0.294. The molecule has 3 amide bonds. The standard InChI is InChI=1S/C34H30N4O7/c1-3-22(39)35-15-9-4-10-16-44-32(42)34(43)17-23-37-20-13-7-5-11-18(20)24-26-27(31(41)36-30(26)40)25-19-12-6-8-14-21(19)38(29(25)28(24)37)33(34,2)45-23/h3,5-8,11-14,23,43H,1,4,9-10,15-17H2,2H3,(H,35,39)(H,36,40,41)/t23?,33-,34-/m0/s1. The maximum Gasteiger partial charge on any atom is 0.343 e. The van der Waals surface area contributed by atoms with Gasteiger partial charge in [0.15, 0.2) is 5.72 Å². The minimum Gasteiger partial charge on any atom is -0.463 e. The van der Waals surface area contributed by atoms with Crippen LogP contribution in [0.2, 0.25) is 0 Å². The second kappa shape index (κ2) is 9.50. The Morgan fingerprint density at radius 2 is 1.67 bits per heavy atom. The minimum absolute atomic E-state index is 0.0855. The summed E-state index contributed by atoms with van der Waals surface area (Å²) in [7, 11) is 0. The molecule has 0 aliphatic carbocycles. The monoisotopic (exact) mass is 606 g/mol. The Bertz CT molecular complexity index is 2180. The SMILES string of the molecule is C=CC(=O)NCCCCCOC(=O)[C@@]1(O)CC2O[C@]1(C)n1c3ccccc3c3c4c(c5c6ccccc6n2c5c31)C(=O)NC4=O. The quantitative estimate of drug-likeness (QED) is 0.104. The van der Waals surface area contributed by atoms with Gasteiger partial charge in [-0.25, -0.2) is 4.79 Å². The third-order valence-corrected chi connectivity index (χ3v) is 9.64. The van der Waals surface area contributed by atoms with Crippen LogP contribution in [0.1, 0.15) is 59.6 Å². The van der Waals surface area contributed by atoms with Crippen molar-refractivity contribution in [3.8, 4) is 0 Å². The zero-order valence-corrected chi connectivity index (χ0v) is 24.5. The normalized spacial score (nSPS) is 23.2. The Morgan fingerprint density at radius 3 is 2.38 bits per heavy atom. The lowest BCUT2D eigenvalue weighted by Crippen LogP contribution is -2.56. The number of aromatic nitrogens is 2. The summed E-state index contributed by atoms with van der Waals surface area (Å²) in [5.41, 5.74) is -0.436. The van der Waals surface area contributed by atoms with E-state index in [1.807, 2.05) is 57.7 Å². The third kappa shape index (κ3) is 3.47. The van der Waals surface area contributed by atoms with Gasteiger partial charge in [0, 0.05) is 34.5 Å². The number of hydrogen-bond donors (Lipinski definition) is 3. The molecular formula is C34H30N4O7. The largest absolute Gasteiger partial charge is 0.463 e. The predicted molar refractivity (Wildman–Crippen MR) is 166 cm³/mol. The van der Waals surface area contributed by atoms with Crippen molar-refractivity contribution in [1.82, 2.24) is 19.8 Å². The van der Waals surface area contributed by atoms with Gasteiger partial charge in [0.2, 0.25) is 11.5 Å². The number of esters is 1. The number of ether oxygens (including phenoxy) is 2. The fourth-order valence-corrected chi connectivity index (χ4v) is 7.61. The van der Waals surface area contributed by atoms with E-state index in [4.69, 9.17) is 9.47 Å². The van der Waals surface area contributed by atoms with Crippen molar-refractivity contribution in [3.05, 3.63) is 72.3 Å². The summed E-state index contributed by atoms with van der Waals surface area (Å²) >= 11 is 0. The average Bonchev–Trinajstić information content (AvgIpc) is 3.70. The maximum absolute atomic E-state index is 13.9. The van der Waals surface area contributed by atoms with Gasteiger partial charge >= 0.3 is 5.97 Å². The molecule has 2 bridgehead atoms. The molecule has 1 unspecified atom stereocenters. The van der Waals surface area contributed by atoms with Crippen LogP contribution in [-0.2, 0) is 24.8 Å². The number of nitrogens with one attached hydrogen (secondary N) is 2. The number of nitrogens with zero attached hydrogens (tertiary/aromatic N) is 2. The molecule has 3 aliphatic heterocycles. The van der Waals surface area contributed by atoms with E-state index in [1.54, 1.807) is 6.92 Å². The van der Waals surface area contributed by atoms with Gasteiger partial charge < -0.3 is 29.0 Å². The Kier molecular flexibility index (Phi) is 5.81. The van der Waals surface area contributed by atoms with E-state index in [0.717, 1.165) is 10.9 Å². The van der Waals surface area contributed by atoms with E-state index < -0.39 is 35.3 Å². The van der Waals surface area contributed by atoms with Crippen molar-refractivity contribution in [2.45, 2.75) is 50.2 Å². The summed E-state index contributed by atoms with van der Waals surface area (Å²) in [5.74, 6) is -1.99. The van der Waals surface area contributed by atoms with Crippen LogP contribution in [0.3, 0.4) is 0 Å². The fourth-order valence-electron chi connectivity index (χ4n) is 7.61. The number of amides is 3. The second-order valence-electron chi connectivity index (χ2n) is 12.0. The number of unbranched alkanes of at least 4 members (excludes halogenated alkanes) is 2. The first-order chi connectivity index (χ1) is 21.7. The molecule has 11 nitrogen and oxygen atoms in total. The lowest BCUT2D eigenvalue weighted by molar-refractivity contribution is -0.204. The molecule has 3 N–H and O–H groups in total. The van der Waals surface area contributed by atoms with Crippen LogP contribution in [0.5, 0.6) is 0 Å². The van der Waals surface area contributed by atoms with Gasteiger partial charge in [-0.05, 0) is 44.4 Å². The first kappa shape index (κ1) is 27.5. The number of hydrogen-bond acceptors (Lipinski definition) is 7. The number of fused-ring (bicyclic) bond motifs is 13. The van der Waals surface area contributed by atoms with Crippen molar-refractivity contribution >= 4 is 67.3 Å². The van der Waals surface area contributed by atoms with Crippen LogP contribution in [0.4, 0.5) is 0 Å². The topological polar surface area (TPSA) is 141 Å². The highest BCUT2D eigenvalue weighted by atomic mass is 16.6. The van der Waals surface area contributed by atoms with E-state index in [9.17, 15) is 24.3 Å². The highest BCUT2D eigenvalue weighted by Crippen LogP contribution is 2.57. The van der Waals surface area contributed by atoms with Crippen LogP contribution >= 0.6 is 0 Å². The molecule has 1 fully saturated rings. The molecule has 1 saturated heterocycles. The Hall–Kier alpha value is -5.00. The first-order valence-electron chi connectivity index (χ1n) is 15.1. The molecule has 228 valence electrons. The summed E-state index contributed by atoms with van der Waals surface area (Å²) in [5, 5.41) is 20.3. The summed E-state index contributed by atoms with van der Waals surface area (Å²) in [6, 6.07) is 15.0. The molecule has 8 rings (SSSR count). The molecule has 0 spiro atoms. The van der Waals surface area contributed by atoms with Gasteiger partial charge in [-0.15, -0.1) is 0 Å². The number of rotatable bonds is 8. The van der Waals surface area contributed by atoms with Crippen molar-refractivity contribution in [1.29, 1.82) is 0 Å². The van der Waals surface area contributed by atoms with Gasteiger partial charge in [-0.3, -0.25) is 19.7 Å². The minimum atomic E-state index is -2.10. The van der Waals surface area contributed by atoms with Crippen molar-refractivity contribution in [2.24, 2.45) is 0 Å². The van der Waals surface area contributed by atoms with Gasteiger partial charge in [0.05, 0.1) is 39.8 Å². The van der Waals surface area contributed by atoms with Gasteiger partial charge in [-0.2, -0.15) is 0 Å². The van der Waals surface area contributed by atoms with Gasteiger partial charge in [0.1, 0.15) is 6.23 Å². The molecular weight excluding hydrogens is 576 g/mol. The number of para-hydroxylation sites is 2. The molecule has 3 aliphatic rings. The van der Waals surface area contributed by atoms with E-state index in [0.29, 0.717) is 64.1 Å². The van der Waals surface area contributed by atoms with Crippen LogP contribution in [0, 0.1) is 0 Å². The smallest absolute Gasteiger partial charge is 0.343 e. The van der Waals surface area contributed by atoms with E-state index >= 15 is 0 Å². The lowest BCUT2D eigenvalue weighted by atomic mass is 9.88. The van der Waals surface area contributed by atoms with Crippen LogP contribution in [0.25, 0.3) is 43.6 Å². The Balaban J connectivity index is 1.30. The van der Waals surface area contributed by atoms with Gasteiger partial charge in [0.25, 0.3) is 11.8 Å². The summed E-state index contributed by atoms with van der Waals surface area (Å²) in [6.07, 6.45) is 2.28. The Morgan fingerprint density at radius 1 is 1.02 bits per heavy atom. The van der Waals surface area contributed by atoms with Crippen molar-refractivity contribution in [2.75, 3.05) is 13.2 Å². The van der Waals surface area contributed by atoms with Gasteiger partial charge in [-0.1, -0.05) is 43.0 Å². The molecule has 0 radical (unpaired) electrons. The molecule has 3 aromatic carbocycles. The van der Waals surface area contributed by atoms with E-state index in [-0.39, 0.29) is 24.5 Å². The molecule has 5 aromatic rings. The van der Waals surface area contributed by atoms with Crippen LogP contribution < -0.4 is 10.6 Å².